The summed E-state index contributed by atoms with van der Waals surface area (Å²) in [6.07, 6.45) is -2.96. The zero-order chi connectivity index (χ0) is 22.1. The third-order valence-corrected chi connectivity index (χ3v) is 5.36. The molecule has 30 heavy (non-hydrogen) atoms. The van der Waals surface area contributed by atoms with Gasteiger partial charge in [-0.05, 0) is 56.0 Å². The Hall–Kier alpha value is -3.02. The van der Waals surface area contributed by atoms with Gasteiger partial charge in [0, 0.05) is 17.1 Å². The number of halogens is 3. The quantitative estimate of drug-likeness (QED) is 0.509. The van der Waals surface area contributed by atoms with E-state index in [9.17, 15) is 18.0 Å². The van der Waals surface area contributed by atoms with E-state index in [4.69, 9.17) is 0 Å². The Kier molecular flexibility index (Phi) is 6.06. The van der Waals surface area contributed by atoms with Crippen molar-refractivity contribution in [2.75, 3.05) is 5.32 Å². The Balaban J connectivity index is 2.06. The van der Waals surface area contributed by atoms with Gasteiger partial charge in [-0.25, -0.2) is 0 Å². The second kappa shape index (κ2) is 8.38. The largest absolute Gasteiger partial charge is 0.418 e. The van der Waals surface area contributed by atoms with E-state index in [2.05, 4.69) is 5.32 Å². The summed E-state index contributed by atoms with van der Waals surface area (Å²) in [5.74, 6) is -0.325. The highest BCUT2D eigenvalue weighted by atomic mass is 19.4. The smallest absolute Gasteiger partial charge is 0.321 e. The monoisotopic (exact) mass is 414 g/mol. The number of anilines is 1. The maximum atomic E-state index is 13.5. The number of para-hydroxylation sites is 2. The fraction of sp³-hybridized carbons (Fsp3) is 0.292. The van der Waals surface area contributed by atoms with Crippen molar-refractivity contribution in [3.8, 4) is 5.69 Å². The van der Waals surface area contributed by atoms with E-state index in [0.717, 1.165) is 35.7 Å². The molecule has 0 fully saturated rings. The van der Waals surface area contributed by atoms with Gasteiger partial charge in [0.2, 0.25) is 0 Å². The molecule has 0 aliphatic heterocycles. The van der Waals surface area contributed by atoms with Gasteiger partial charge >= 0.3 is 6.18 Å². The number of alkyl halides is 3. The molecule has 6 heteroatoms. The summed E-state index contributed by atoms with van der Waals surface area (Å²) in [4.78, 5) is 13.1. The minimum absolute atomic E-state index is 0.0160. The highest BCUT2D eigenvalue weighted by molar-refractivity contribution is 6.06. The normalized spacial score (nSPS) is 11.6. The lowest BCUT2D eigenvalue weighted by atomic mass is 10.0. The molecule has 0 aliphatic carbocycles. The summed E-state index contributed by atoms with van der Waals surface area (Å²) in [5, 5.41) is 3.00. The van der Waals surface area contributed by atoms with E-state index >= 15 is 0 Å². The van der Waals surface area contributed by atoms with Gasteiger partial charge in [-0.2, -0.15) is 13.2 Å². The molecule has 0 saturated carbocycles. The minimum atomic E-state index is -4.49. The number of nitrogens with zero attached hydrogens (tertiary/aromatic N) is 1. The summed E-state index contributed by atoms with van der Waals surface area (Å²) in [5.41, 5.74) is 3.51. The van der Waals surface area contributed by atoms with Crippen molar-refractivity contribution in [3.63, 3.8) is 0 Å². The van der Waals surface area contributed by atoms with Crippen LogP contribution in [0, 0.1) is 13.8 Å². The average molecular weight is 414 g/mol. The molecule has 1 aromatic heterocycles. The van der Waals surface area contributed by atoms with Gasteiger partial charge in [-0.1, -0.05) is 44.2 Å². The van der Waals surface area contributed by atoms with Crippen LogP contribution in [0.15, 0.2) is 48.5 Å². The molecule has 0 radical (unpaired) electrons. The van der Waals surface area contributed by atoms with Crippen LogP contribution in [0.25, 0.3) is 5.69 Å². The second-order valence-corrected chi connectivity index (χ2v) is 7.25. The third kappa shape index (κ3) is 3.99. The van der Waals surface area contributed by atoms with Crippen LogP contribution in [0.2, 0.25) is 0 Å². The number of carbonyl (C=O) groups is 1. The van der Waals surface area contributed by atoms with Gasteiger partial charge in [-0.15, -0.1) is 0 Å². The maximum absolute atomic E-state index is 13.5. The van der Waals surface area contributed by atoms with Crippen LogP contribution in [-0.2, 0) is 19.0 Å². The predicted octanol–water partition coefficient (Wildman–Crippen LogP) is 6.49. The molecule has 1 amide bonds. The Morgan fingerprint density at radius 2 is 1.57 bits per heavy atom. The first kappa shape index (κ1) is 21.7. The fourth-order valence-corrected chi connectivity index (χ4v) is 3.86. The molecule has 3 aromatic rings. The molecule has 1 heterocycles. The third-order valence-electron chi connectivity index (χ3n) is 5.36. The predicted molar refractivity (Wildman–Crippen MR) is 113 cm³/mol. The Morgan fingerprint density at radius 1 is 0.967 bits per heavy atom. The van der Waals surface area contributed by atoms with Crippen molar-refractivity contribution in [2.24, 2.45) is 0 Å². The van der Waals surface area contributed by atoms with E-state index in [1.807, 2.05) is 32.0 Å². The SMILES string of the molecule is CCc1cccc(CC)c1NC(=O)c1cc(C)n(-c2ccccc2C(F)(F)F)c1C. The van der Waals surface area contributed by atoms with Crippen LogP contribution in [0.5, 0.6) is 0 Å². The van der Waals surface area contributed by atoms with Crippen LogP contribution in [0.3, 0.4) is 0 Å². The molecule has 0 aliphatic rings. The van der Waals surface area contributed by atoms with Crippen LogP contribution >= 0.6 is 0 Å². The van der Waals surface area contributed by atoms with Crippen LogP contribution < -0.4 is 5.32 Å². The summed E-state index contributed by atoms with van der Waals surface area (Å²) >= 11 is 0. The highest BCUT2D eigenvalue weighted by Crippen LogP contribution is 2.35. The van der Waals surface area contributed by atoms with Crippen LogP contribution in [-0.4, -0.2) is 10.5 Å². The average Bonchev–Trinajstić information content (AvgIpc) is 3.01. The number of hydrogen-bond donors (Lipinski definition) is 1. The summed E-state index contributed by atoms with van der Waals surface area (Å²) < 4.78 is 42.1. The first-order valence-corrected chi connectivity index (χ1v) is 9.96. The first-order valence-electron chi connectivity index (χ1n) is 9.96. The van der Waals surface area contributed by atoms with Crippen molar-refractivity contribution >= 4 is 11.6 Å². The molecule has 3 nitrogen and oxygen atoms in total. The molecule has 0 atom stereocenters. The minimum Gasteiger partial charge on any atom is -0.321 e. The molecule has 0 spiro atoms. The van der Waals surface area contributed by atoms with Crippen LogP contribution in [0.1, 0.15) is 52.3 Å². The number of amides is 1. The Labute approximate surface area is 174 Å². The number of aryl methyl sites for hydroxylation is 3. The number of nitrogens with one attached hydrogen (secondary N) is 1. The van der Waals surface area contributed by atoms with Gasteiger partial charge < -0.3 is 9.88 Å². The van der Waals surface area contributed by atoms with Gasteiger partial charge in [0.25, 0.3) is 5.91 Å². The van der Waals surface area contributed by atoms with Crippen molar-refractivity contribution in [3.05, 3.63) is 82.2 Å². The van der Waals surface area contributed by atoms with E-state index in [0.29, 0.717) is 17.0 Å². The lowest BCUT2D eigenvalue weighted by Crippen LogP contribution is -2.16. The van der Waals surface area contributed by atoms with E-state index < -0.39 is 11.7 Å². The molecular weight excluding hydrogens is 389 g/mol. The van der Waals surface area contributed by atoms with Gasteiger partial charge in [-0.3, -0.25) is 4.79 Å². The van der Waals surface area contributed by atoms with Gasteiger partial charge in [0.15, 0.2) is 0 Å². The zero-order valence-electron chi connectivity index (χ0n) is 17.5. The first-order chi connectivity index (χ1) is 14.2. The summed E-state index contributed by atoms with van der Waals surface area (Å²) in [6, 6.07) is 12.9. The molecule has 0 unspecified atom stereocenters. The highest BCUT2D eigenvalue weighted by Gasteiger charge is 2.34. The molecule has 158 valence electrons. The molecule has 2 aromatic carbocycles. The Bertz CT molecular complexity index is 1060. The molecular formula is C24H25F3N2O. The number of aromatic nitrogens is 1. The topological polar surface area (TPSA) is 34.0 Å². The molecule has 0 bridgehead atoms. The van der Waals surface area contributed by atoms with Gasteiger partial charge in [0.05, 0.1) is 16.8 Å². The number of rotatable bonds is 5. The molecule has 0 saturated heterocycles. The number of benzene rings is 2. The Morgan fingerprint density at radius 3 is 2.13 bits per heavy atom. The van der Waals surface area contributed by atoms with Crippen LogP contribution in [0.4, 0.5) is 18.9 Å². The lowest BCUT2D eigenvalue weighted by molar-refractivity contribution is -0.137. The van der Waals surface area contributed by atoms with E-state index in [1.54, 1.807) is 26.0 Å². The van der Waals surface area contributed by atoms with E-state index in [-0.39, 0.29) is 11.6 Å². The maximum Gasteiger partial charge on any atom is 0.418 e. The fourth-order valence-electron chi connectivity index (χ4n) is 3.86. The van der Waals surface area contributed by atoms with Crippen molar-refractivity contribution in [1.29, 1.82) is 0 Å². The standard InChI is InChI=1S/C24H25F3N2O/c1-5-17-10-9-11-18(6-2)22(17)28-23(30)19-14-15(3)29(16(19)4)21-13-8-7-12-20(21)24(25,26)27/h7-14H,5-6H2,1-4H3,(H,28,30). The summed E-state index contributed by atoms with van der Waals surface area (Å²) in [6.45, 7) is 7.41. The van der Waals surface area contributed by atoms with E-state index in [1.165, 1.54) is 16.7 Å². The van der Waals surface area contributed by atoms with Crippen molar-refractivity contribution in [1.82, 2.24) is 4.57 Å². The van der Waals surface area contributed by atoms with Crippen molar-refractivity contribution in [2.45, 2.75) is 46.7 Å². The molecule has 1 N–H and O–H groups in total. The lowest BCUT2D eigenvalue weighted by Gasteiger charge is -2.17. The van der Waals surface area contributed by atoms with Crippen molar-refractivity contribution < 1.29 is 18.0 Å². The number of carbonyl (C=O) groups excluding carboxylic acids is 1. The summed E-state index contributed by atoms with van der Waals surface area (Å²) in [7, 11) is 0. The zero-order valence-corrected chi connectivity index (χ0v) is 17.5. The number of hydrogen-bond acceptors (Lipinski definition) is 1. The second-order valence-electron chi connectivity index (χ2n) is 7.25. The molecule has 3 rings (SSSR count). The van der Waals surface area contributed by atoms with Gasteiger partial charge in [0.1, 0.15) is 0 Å².